The minimum absolute atomic E-state index is 0.0601. The van der Waals surface area contributed by atoms with Crippen molar-refractivity contribution in [2.45, 2.75) is 13.0 Å². The number of aromatic nitrogens is 3. The molecule has 1 aliphatic rings. The van der Waals surface area contributed by atoms with E-state index >= 15 is 0 Å². The van der Waals surface area contributed by atoms with Crippen molar-refractivity contribution >= 4 is 17.5 Å². The van der Waals surface area contributed by atoms with E-state index in [9.17, 15) is 4.79 Å². The zero-order chi connectivity index (χ0) is 17.9. The van der Waals surface area contributed by atoms with Crippen LogP contribution < -0.4 is 4.74 Å². The summed E-state index contributed by atoms with van der Waals surface area (Å²) in [6.45, 7) is 1.11. The number of rotatable bonds is 3. The summed E-state index contributed by atoms with van der Waals surface area (Å²) in [5.74, 6) is 0.458. The normalized spacial score (nSPS) is 13.2. The summed E-state index contributed by atoms with van der Waals surface area (Å²) in [6, 6.07) is 10.8. The first kappa shape index (κ1) is 16.5. The van der Waals surface area contributed by atoms with Gasteiger partial charge in [0.25, 0.3) is 5.91 Å². The zero-order valence-corrected chi connectivity index (χ0v) is 14.6. The van der Waals surface area contributed by atoms with E-state index in [0.717, 1.165) is 11.3 Å². The van der Waals surface area contributed by atoms with Crippen LogP contribution in [0.25, 0.3) is 0 Å². The number of hydrogen-bond donors (Lipinski definition) is 0. The predicted molar refractivity (Wildman–Crippen MR) is 96.2 cm³/mol. The first-order valence-electron chi connectivity index (χ1n) is 8.16. The first-order chi connectivity index (χ1) is 12.7. The molecule has 7 heteroatoms. The number of pyridine rings is 1. The predicted octanol–water partition coefficient (Wildman–Crippen LogP) is 3.52. The van der Waals surface area contributed by atoms with Gasteiger partial charge in [0.1, 0.15) is 5.75 Å². The van der Waals surface area contributed by atoms with E-state index in [-0.39, 0.29) is 11.9 Å². The number of ether oxygens (including phenoxy) is 1. The van der Waals surface area contributed by atoms with Crippen LogP contribution in [0.5, 0.6) is 11.8 Å². The second-order valence-corrected chi connectivity index (χ2v) is 6.33. The van der Waals surface area contributed by atoms with Gasteiger partial charge in [0.15, 0.2) is 0 Å². The number of nitrogens with zero attached hydrogens (tertiary/aromatic N) is 4. The maximum atomic E-state index is 12.9. The quantitative estimate of drug-likeness (QED) is 0.709. The van der Waals surface area contributed by atoms with Gasteiger partial charge in [-0.25, -0.2) is 9.97 Å². The van der Waals surface area contributed by atoms with Gasteiger partial charge in [0, 0.05) is 49.4 Å². The highest BCUT2D eigenvalue weighted by molar-refractivity contribution is 6.30. The molecule has 6 nitrogen and oxygen atoms in total. The van der Waals surface area contributed by atoms with Crippen LogP contribution in [-0.2, 0) is 13.0 Å². The summed E-state index contributed by atoms with van der Waals surface area (Å²) >= 11 is 6.02. The third kappa shape index (κ3) is 3.50. The highest BCUT2D eigenvalue weighted by atomic mass is 35.5. The second-order valence-electron chi connectivity index (χ2n) is 5.90. The molecule has 0 unspecified atom stereocenters. The molecule has 0 spiro atoms. The van der Waals surface area contributed by atoms with Gasteiger partial charge in [-0.3, -0.25) is 9.78 Å². The van der Waals surface area contributed by atoms with Crippen LogP contribution in [0.2, 0.25) is 5.02 Å². The molecule has 0 aliphatic carbocycles. The SMILES string of the molecule is O=C(c1cccc(Oc2ncccn2)c1)N1CCc2ncc(Cl)cc2C1. The largest absolute Gasteiger partial charge is 0.424 e. The van der Waals surface area contributed by atoms with E-state index in [1.807, 2.05) is 6.07 Å². The van der Waals surface area contributed by atoms with Crippen LogP contribution in [0.1, 0.15) is 21.6 Å². The van der Waals surface area contributed by atoms with E-state index in [1.165, 1.54) is 0 Å². The van der Waals surface area contributed by atoms with E-state index in [1.54, 1.807) is 53.8 Å². The van der Waals surface area contributed by atoms with Gasteiger partial charge in [-0.1, -0.05) is 17.7 Å². The van der Waals surface area contributed by atoms with Crippen molar-refractivity contribution < 1.29 is 9.53 Å². The van der Waals surface area contributed by atoms with E-state index in [4.69, 9.17) is 16.3 Å². The summed E-state index contributed by atoms with van der Waals surface area (Å²) in [7, 11) is 0. The van der Waals surface area contributed by atoms with Crippen LogP contribution in [0.4, 0.5) is 0 Å². The van der Waals surface area contributed by atoms with Crippen molar-refractivity contribution in [1.29, 1.82) is 0 Å². The highest BCUT2D eigenvalue weighted by Gasteiger charge is 2.23. The maximum absolute atomic E-state index is 12.9. The summed E-state index contributed by atoms with van der Waals surface area (Å²) in [6.07, 6.45) is 5.56. The minimum Gasteiger partial charge on any atom is -0.424 e. The number of fused-ring (bicyclic) bond motifs is 1. The number of amides is 1. The fourth-order valence-corrected chi connectivity index (χ4v) is 3.07. The van der Waals surface area contributed by atoms with E-state index in [2.05, 4.69) is 15.0 Å². The zero-order valence-electron chi connectivity index (χ0n) is 13.8. The lowest BCUT2D eigenvalue weighted by atomic mass is 10.0. The molecule has 0 saturated carbocycles. The Kier molecular flexibility index (Phi) is 4.50. The number of halogens is 1. The Morgan fingerprint density at radius 1 is 1.12 bits per heavy atom. The molecule has 26 heavy (non-hydrogen) atoms. The molecule has 0 atom stereocenters. The van der Waals surface area contributed by atoms with Gasteiger partial charge < -0.3 is 9.64 Å². The average Bonchev–Trinajstić information content (AvgIpc) is 2.68. The third-order valence-corrected chi connectivity index (χ3v) is 4.33. The Morgan fingerprint density at radius 2 is 1.96 bits per heavy atom. The molecule has 0 radical (unpaired) electrons. The Morgan fingerprint density at radius 3 is 2.81 bits per heavy atom. The molecule has 0 saturated heterocycles. The van der Waals surface area contributed by atoms with Crippen molar-refractivity contribution in [2.24, 2.45) is 0 Å². The smallest absolute Gasteiger partial charge is 0.321 e. The lowest BCUT2D eigenvalue weighted by Crippen LogP contribution is -2.36. The van der Waals surface area contributed by atoms with Crippen LogP contribution in [-0.4, -0.2) is 32.3 Å². The van der Waals surface area contributed by atoms with Crippen molar-refractivity contribution in [2.75, 3.05) is 6.54 Å². The van der Waals surface area contributed by atoms with E-state index in [0.29, 0.717) is 35.8 Å². The minimum atomic E-state index is -0.0601. The summed E-state index contributed by atoms with van der Waals surface area (Å²) < 4.78 is 5.61. The van der Waals surface area contributed by atoms with Gasteiger partial charge in [-0.2, -0.15) is 0 Å². The highest BCUT2D eigenvalue weighted by Crippen LogP contribution is 2.24. The Labute approximate surface area is 155 Å². The van der Waals surface area contributed by atoms with Crippen molar-refractivity contribution in [1.82, 2.24) is 19.9 Å². The Hall–Kier alpha value is -2.99. The van der Waals surface area contributed by atoms with Gasteiger partial charge in [0.05, 0.1) is 5.02 Å². The van der Waals surface area contributed by atoms with Gasteiger partial charge in [-0.15, -0.1) is 0 Å². The van der Waals surface area contributed by atoms with Gasteiger partial charge in [0.2, 0.25) is 0 Å². The molecule has 2 aromatic heterocycles. The molecule has 1 aromatic carbocycles. The van der Waals surface area contributed by atoms with Crippen LogP contribution in [0.15, 0.2) is 55.0 Å². The molecular weight excluding hydrogens is 352 g/mol. The van der Waals surface area contributed by atoms with E-state index < -0.39 is 0 Å². The molecule has 0 bridgehead atoms. The molecule has 0 fully saturated rings. The summed E-state index contributed by atoms with van der Waals surface area (Å²) in [5.41, 5.74) is 2.54. The summed E-state index contributed by atoms with van der Waals surface area (Å²) in [4.78, 5) is 27.1. The first-order valence-corrected chi connectivity index (χ1v) is 8.54. The fourth-order valence-electron chi connectivity index (χ4n) is 2.89. The number of hydrogen-bond acceptors (Lipinski definition) is 5. The molecule has 1 amide bonds. The van der Waals surface area contributed by atoms with Crippen molar-refractivity contribution in [3.05, 3.63) is 76.8 Å². The fraction of sp³-hybridized carbons (Fsp3) is 0.158. The Balaban J connectivity index is 1.52. The molecule has 130 valence electrons. The Bertz CT molecular complexity index is 949. The number of carbonyl (C=O) groups is 1. The van der Waals surface area contributed by atoms with Gasteiger partial charge >= 0.3 is 6.01 Å². The number of carbonyl (C=O) groups excluding carboxylic acids is 1. The second kappa shape index (κ2) is 7.09. The van der Waals surface area contributed by atoms with Crippen molar-refractivity contribution in [3.63, 3.8) is 0 Å². The topological polar surface area (TPSA) is 68.2 Å². The van der Waals surface area contributed by atoms with Crippen LogP contribution in [0, 0.1) is 0 Å². The molecule has 4 rings (SSSR count). The lowest BCUT2D eigenvalue weighted by molar-refractivity contribution is 0.0733. The average molecular weight is 367 g/mol. The number of benzene rings is 1. The molecular formula is C19H15ClN4O2. The molecule has 1 aliphatic heterocycles. The maximum Gasteiger partial charge on any atom is 0.321 e. The molecule has 0 N–H and O–H groups in total. The monoisotopic (exact) mass is 366 g/mol. The summed E-state index contributed by atoms with van der Waals surface area (Å²) in [5, 5.41) is 0.580. The van der Waals surface area contributed by atoms with Crippen LogP contribution >= 0.6 is 11.6 Å². The van der Waals surface area contributed by atoms with Crippen molar-refractivity contribution in [3.8, 4) is 11.8 Å². The molecule has 3 heterocycles. The lowest BCUT2D eigenvalue weighted by Gasteiger charge is -2.28. The molecule has 3 aromatic rings. The third-order valence-electron chi connectivity index (χ3n) is 4.13. The van der Waals surface area contributed by atoms with Crippen LogP contribution in [0.3, 0.4) is 0 Å². The standard InChI is InChI=1S/C19H15ClN4O2/c20-15-9-14-12-24(8-5-17(14)23-11-15)18(25)13-3-1-4-16(10-13)26-19-21-6-2-7-22-19/h1-4,6-7,9-11H,5,8,12H2. The van der Waals surface area contributed by atoms with Gasteiger partial charge in [-0.05, 0) is 35.9 Å².